The van der Waals surface area contributed by atoms with Crippen molar-refractivity contribution in [3.63, 3.8) is 0 Å². The monoisotopic (exact) mass is 909 g/mol. The van der Waals surface area contributed by atoms with E-state index < -0.39 is 6.10 Å². The number of unbranched alkanes of at least 4 members (excludes halogenated alkanes) is 31. The van der Waals surface area contributed by atoms with Gasteiger partial charge in [0.05, 0.1) is 0 Å². The van der Waals surface area contributed by atoms with Crippen molar-refractivity contribution in [2.24, 2.45) is 0 Å². The molecule has 0 aliphatic rings. The van der Waals surface area contributed by atoms with Gasteiger partial charge >= 0.3 is 17.9 Å². The van der Waals surface area contributed by atoms with E-state index in [9.17, 15) is 14.4 Å². The third kappa shape index (κ3) is 51.9. The Balaban J connectivity index is 4.40. The maximum Gasteiger partial charge on any atom is 0.306 e. The molecule has 0 rings (SSSR count). The number of carbonyl (C=O) groups excluding carboxylic acids is 3. The Hall–Kier alpha value is -2.89. The molecule has 65 heavy (non-hydrogen) atoms. The zero-order chi connectivity index (χ0) is 47.2. The van der Waals surface area contributed by atoms with Crippen LogP contribution >= 0.6 is 0 Å². The molecule has 0 aliphatic heterocycles. The van der Waals surface area contributed by atoms with Crippen LogP contribution in [0, 0.1) is 0 Å². The molecule has 0 fully saturated rings. The van der Waals surface area contributed by atoms with Gasteiger partial charge in [-0.1, -0.05) is 248 Å². The van der Waals surface area contributed by atoms with Crippen LogP contribution in [0.15, 0.2) is 60.8 Å². The second-order valence-corrected chi connectivity index (χ2v) is 18.5. The molecule has 0 amide bonds. The van der Waals surface area contributed by atoms with Crippen LogP contribution in [0.1, 0.15) is 278 Å². The number of rotatable bonds is 50. The van der Waals surface area contributed by atoms with E-state index in [1.54, 1.807) is 0 Å². The van der Waals surface area contributed by atoms with Gasteiger partial charge in [0.25, 0.3) is 0 Å². The van der Waals surface area contributed by atoms with E-state index in [-0.39, 0.29) is 31.1 Å². The smallest absolute Gasteiger partial charge is 0.306 e. The Kier molecular flexibility index (Phi) is 51.3. The Labute approximate surface area is 402 Å². The molecule has 0 aromatic rings. The van der Waals surface area contributed by atoms with Gasteiger partial charge in [0.2, 0.25) is 0 Å². The summed E-state index contributed by atoms with van der Waals surface area (Å²) >= 11 is 0. The maximum atomic E-state index is 12.8. The van der Waals surface area contributed by atoms with Gasteiger partial charge in [0.1, 0.15) is 13.2 Å². The number of hydrogen-bond donors (Lipinski definition) is 0. The van der Waals surface area contributed by atoms with Crippen molar-refractivity contribution < 1.29 is 28.6 Å². The molecule has 0 aliphatic carbocycles. The van der Waals surface area contributed by atoms with Crippen molar-refractivity contribution in [3.8, 4) is 0 Å². The van der Waals surface area contributed by atoms with E-state index in [2.05, 4.69) is 81.5 Å². The van der Waals surface area contributed by atoms with Crippen LogP contribution in [-0.4, -0.2) is 37.2 Å². The summed E-state index contributed by atoms with van der Waals surface area (Å²) in [7, 11) is 0. The zero-order valence-corrected chi connectivity index (χ0v) is 43.0. The molecule has 0 N–H and O–H groups in total. The Morgan fingerprint density at radius 1 is 0.338 bits per heavy atom. The average Bonchev–Trinajstić information content (AvgIpc) is 3.30. The van der Waals surface area contributed by atoms with E-state index in [1.165, 1.54) is 141 Å². The number of hydrogen-bond acceptors (Lipinski definition) is 6. The van der Waals surface area contributed by atoms with Gasteiger partial charge in [-0.2, -0.15) is 0 Å². The Morgan fingerprint density at radius 3 is 1.05 bits per heavy atom. The molecule has 6 nitrogen and oxygen atoms in total. The fourth-order valence-corrected chi connectivity index (χ4v) is 7.89. The summed E-state index contributed by atoms with van der Waals surface area (Å²) in [5.41, 5.74) is 0. The van der Waals surface area contributed by atoms with Crippen LogP contribution < -0.4 is 0 Å². The van der Waals surface area contributed by atoms with Crippen LogP contribution in [-0.2, 0) is 28.6 Å². The number of esters is 3. The van der Waals surface area contributed by atoms with Gasteiger partial charge in [-0.15, -0.1) is 0 Å². The lowest BCUT2D eigenvalue weighted by Gasteiger charge is -2.18. The summed E-state index contributed by atoms with van der Waals surface area (Å²) in [5.74, 6) is -0.900. The SMILES string of the molecule is CC/C=C\C/C=C\CCCCCCCCCC(=O)OCC(COC(=O)CCCCCCC\C=C/C=C\C=C/CCCCCCC)OC(=O)CCCCCCCCCCCCCCCCC. The van der Waals surface area contributed by atoms with E-state index >= 15 is 0 Å². The predicted molar refractivity (Wildman–Crippen MR) is 279 cm³/mol. The molecule has 0 bridgehead atoms. The molecule has 376 valence electrons. The van der Waals surface area contributed by atoms with Gasteiger partial charge in [-0.05, 0) is 70.6 Å². The normalized spacial score (nSPS) is 12.5. The van der Waals surface area contributed by atoms with Gasteiger partial charge in [0.15, 0.2) is 6.10 Å². The van der Waals surface area contributed by atoms with Gasteiger partial charge in [-0.25, -0.2) is 0 Å². The molecular formula is C59H104O6. The molecule has 0 heterocycles. The molecule has 0 radical (unpaired) electrons. The van der Waals surface area contributed by atoms with Crippen LogP contribution in [0.4, 0.5) is 0 Å². The van der Waals surface area contributed by atoms with Crippen LogP contribution in [0.5, 0.6) is 0 Å². The Morgan fingerprint density at radius 2 is 0.662 bits per heavy atom. The van der Waals surface area contributed by atoms with Crippen molar-refractivity contribution in [2.45, 2.75) is 284 Å². The maximum absolute atomic E-state index is 12.8. The third-order valence-electron chi connectivity index (χ3n) is 12.1. The van der Waals surface area contributed by atoms with Crippen LogP contribution in [0.2, 0.25) is 0 Å². The van der Waals surface area contributed by atoms with Gasteiger partial charge < -0.3 is 14.2 Å². The van der Waals surface area contributed by atoms with Crippen molar-refractivity contribution in [2.75, 3.05) is 13.2 Å². The molecule has 1 atom stereocenters. The first-order valence-electron chi connectivity index (χ1n) is 27.8. The largest absolute Gasteiger partial charge is 0.462 e. The number of carbonyl (C=O) groups is 3. The quantitative estimate of drug-likeness (QED) is 0.0199. The fourth-order valence-electron chi connectivity index (χ4n) is 7.89. The van der Waals surface area contributed by atoms with E-state index in [0.29, 0.717) is 19.3 Å². The minimum absolute atomic E-state index is 0.0832. The molecule has 6 heteroatoms. The van der Waals surface area contributed by atoms with Crippen LogP contribution in [0.3, 0.4) is 0 Å². The minimum Gasteiger partial charge on any atom is -0.462 e. The standard InChI is InChI=1S/C59H104O6/c1-4-7-10-13-16-19-22-25-28-29-30-32-34-37-40-43-46-49-52-58(61)64-55-56(54-63-57(60)51-48-45-42-39-36-33-27-24-21-18-15-12-9-6-3)65-59(62)53-50-47-44-41-38-35-31-26-23-20-17-14-11-8-5-2/h9,12,18,21-22,25,28-30,32,56H,4-8,10-11,13-17,19-20,23-24,26-27,31,33-55H2,1-3H3/b12-9-,21-18-,25-22-,29-28-,32-30-. The summed E-state index contributed by atoms with van der Waals surface area (Å²) in [6, 6.07) is 0. The number of allylic oxidation sites excluding steroid dienone is 10. The first-order valence-corrected chi connectivity index (χ1v) is 27.8. The summed E-state index contributed by atoms with van der Waals surface area (Å²) in [6.45, 7) is 6.52. The summed E-state index contributed by atoms with van der Waals surface area (Å²) in [6.07, 6.45) is 66.3. The van der Waals surface area contributed by atoms with E-state index in [4.69, 9.17) is 14.2 Å². The first-order chi connectivity index (χ1) is 32.0. The molecule has 0 saturated heterocycles. The highest BCUT2D eigenvalue weighted by atomic mass is 16.6. The molecule has 0 spiro atoms. The lowest BCUT2D eigenvalue weighted by atomic mass is 10.0. The molecule has 0 aromatic heterocycles. The zero-order valence-electron chi connectivity index (χ0n) is 43.0. The molecule has 0 saturated carbocycles. The van der Waals surface area contributed by atoms with Crippen molar-refractivity contribution in [3.05, 3.63) is 60.8 Å². The summed E-state index contributed by atoms with van der Waals surface area (Å²) in [4.78, 5) is 38.1. The van der Waals surface area contributed by atoms with E-state index in [1.807, 2.05) is 0 Å². The lowest BCUT2D eigenvalue weighted by molar-refractivity contribution is -0.167. The van der Waals surface area contributed by atoms with Gasteiger partial charge in [-0.3, -0.25) is 14.4 Å². The fraction of sp³-hybridized carbons (Fsp3) is 0.780. The lowest BCUT2D eigenvalue weighted by Crippen LogP contribution is -2.30. The highest BCUT2D eigenvalue weighted by Gasteiger charge is 2.19. The molecule has 0 aromatic carbocycles. The van der Waals surface area contributed by atoms with Crippen molar-refractivity contribution in [1.29, 1.82) is 0 Å². The summed E-state index contributed by atoms with van der Waals surface area (Å²) < 4.78 is 16.8. The average molecular weight is 909 g/mol. The highest BCUT2D eigenvalue weighted by Crippen LogP contribution is 2.16. The van der Waals surface area contributed by atoms with Crippen LogP contribution in [0.25, 0.3) is 0 Å². The predicted octanol–water partition coefficient (Wildman–Crippen LogP) is 18.4. The second kappa shape index (κ2) is 53.7. The molecular weight excluding hydrogens is 805 g/mol. The van der Waals surface area contributed by atoms with Crippen molar-refractivity contribution in [1.82, 2.24) is 0 Å². The highest BCUT2D eigenvalue weighted by molar-refractivity contribution is 5.71. The third-order valence-corrected chi connectivity index (χ3v) is 12.1. The topological polar surface area (TPSA) is 78.9 Å². The van der Waals surface area contributed by atoms with Gasteiger partial charge in [0, 0.05) is 19.3 Å². The second-order valence-electron chi connectivity index (χ2n) is 18.5. The molecule has 1 unspecified atom stereocenters. The number of ether oxygens (including phenoxy) is 3. The Bertz CT molecular complexity index is 1180. The first kappa shape index (κ1) is 62.1. The van der Waals surface area contributed by atoms with Crippen molar-refractivity contribution >= 4 is 17.9 Å². The minimum atomic E-state index is -0.784. The van der Waals surface area contributed by atoms with E-state index in [0.717, 1.165) is 96.3 Å². The summed E-state index contributed by atoms with van der Waals surface area (Å²) in [5, 5.41) is 0.